The van der Waals surface area contributed by atoms with Crippen LogP contribution >= 0.6 is 0 Å². The highest BCUT2D eigenvalue weighted by molar-refractivity contribution is 6.05. The van der Waals surface area contributed by atoms with E-state index < -0.39 is 0 Å². The second-order valence-electron chi connectivity index (χ2n) is 4.08. The summed E-state index contributed by atoms with van der Waals surface area (Å²) in [5.41, 5.74) is 1.14. The summed E-state index contributed by atoms with van der Waals surface area (Å²) in [7, 11) is 0. The van der Waals surface area contributed by atoms with Crippen LogP contribution in [0.2, 0.25) is 0 Å². The number of nitrogens with zero attached hydrogens (tertiary/aromatic N) is 2. The van der Waals surface area contributed by atoms with E-state index in [1.54, 1.807) is 0 Å². The number of pyridine rings is 1. The van der Waals surface area contributed by atoms with Crippen LogP contribution in [0, 0.1) is 5.41 Å². The summed E-state index contributed by atoms with van der Waals surface area (Å²) in [5, 5.41) is 10.3. The molecule has 1 aliphatic heterocycles. The number of rotatable bonds is 1. The van der Waals surface area contributed by atoms with Gasteiger partial charge in [0, 0.05) is 36.1 Å². The van der Waals surface area contributed by atoms with Gasteiger partial charge in [0.2, 0.25) is 0 Å². The minimum Gasteiger partial charge on any atom is -0.330 e. The van der Waals surface area contributed by atoms with Gasteiger partial charge in [-0.25, -0.2) is 0 Å². The van der Waals surface area contributed by atoms with E-state index in [-0.39, 0.29) is 0 Å². The Morgan fingerprint density at radius 1 is 1.25 bits per heavy atom. The van der Waals surface area contributed by atoms with E-state index in [9.17, 15) is 0 Å². The van der Waals surface area contributed by atoms with Crippen LogP contribution in [0.4, 0.5) is 5.69 Å². The summed E-state index contributed by atoms with van der Waals surface area (Å²) >= 11 is 0. The van der Waals surface area contributed by atoms with Crippen molar-refractivity contribution in [1.82, 2.24) is 4.98 Å². The van der Waals surface area contributed by atoms with Crippen molar-refractivity contribution in [3.8, 4) is 0 Å². The summed E-state index contributed by atoms with van der Waals surface area (Å²) in [6.07, 6.45) is 5.66. The molecule has 0 saturated carbocycles. The van der Waals surface area contributed by atoms with E-state index in [4.69, 9.17) is 5.41 Å². The first kappa shape index (κ1) is 9.33. The van der Waals surface area contributed by atoms with Crippen molar-refractivity contribution in [2.75, 3.05) is 11.4 Å². The van der Waals surface area contributed by atoms with Crippen molar-refractivity contribution < 1.29 is 0 Å². The first-order valence-electron chi connectivity index (χ1n) is 5.54. The SMILES string of the molecule is N=C1CCCN1c1cccc2cnccc12. The lowest BCUT2D eigenvalue weighted by atomic mass is 10.1. The monoisotopic (exact) mass is 211 g/mol. The fourth-order valence-electron chi connectivity index (χ4n) is 2.28. The molecule has 0 radical (unpaired) electrons. The van der Waals surface area contributed by atoms with Crippen LogP contribution < -0.4 is 4.90 Å². The Hall–Kier alpha value is -1.90. The minimum absolute atomic E-state index is 0.726. The lowest BCUT2D eigenvalue weighted by Gasteiger charge is -2.19. The molecule has 1 aliphatic rings. The maximum absolute atomic E-state index is 7.93. The fourth-order valence-corrected chi connectivity index (χ4v) is 2.28. The Kier molecular flexibility index (Phi) is 2.10. The van der Waals surface area contributed by atoms with Gasteiger partial charge >= 0.3 is 0 Å². The van der Waals surface area contributed by atoms with E-state index in [1.165, 1.54) is 5.39 Å². The average Bonchev–Trinajstić information content (AvgIpc) is 2.75. The molecule has 16 heavy (non-hydrogen) atoms. The van der Waals surface area contributed by atoms with Crippen LogP contribution in [0.25, 0.3) is 10.8 Å². The molecule has 0 atom stereocenters. The Morgan fingerprint density at radius 3 is 3.00 bits per heavy atom. The van der Waals surface area contributed by atoms with Crippen molar-refractivity contribution in [3.63, 3.8) is 0 Å². The smallest absolute Gasteiger partial charge is 0.100 e. The van der Waals surface area contributed by atoms with Crippen LogP contribution in [-0.2, 0) is 0 Å². The van der Waals surface area contributed by atoms with Gasteiger partial charge in [-0.2, -0.15) is 0 Å². The zero-order valence-electron chi connectivity index (χ0n) is 8.98. The molecule has 1 saturated heterocycles. The molecule has 3 nitrogen and oxygen atoms in total. The molecule has 0 amide bonds. The molecule has 0 aliphatic carbocycles. The molecular formula is C13H13N3. The summed E-state index contributed by atoms with van der Waals surface area (Å²) in [6, 6.07) is 8.20. The van der Waals surface area contributed by atoms with Crippen LogP contribution in [0.15, 0.2) is 36.7 Å². The van der Waals surface area contributed by atoms with Gasteiger partial charge in [-0.1, -0.05) is 12.1 Å². The topological polar surface area (TPSA) is 40.0 Å². The first-order chi connectivity index (χ1) is 7.86. The number of fused-ring (bicyclic) bond motifs is 1. The van der Waals surface area contributed by atoms with Gasteiger partial charge in [0.25, 0.3) is 0 Å². The summed E-state index contributed by atoms with van der Waals surface area (Å²) in [4.78, 5) is 6.23. The molecule has 1 aromatic carbocycles. The van der Waals surface area contributed by atoms with Gasteiger partial charge in [0.05, 0.1) is 5.69 Å². The molecule has 1 aromatic heterocycles. The zero-order valence-corrected chi connectivity index (χ0v) is 8.98. The molecule has 80 valence electrons. The standard InChI is InChI=1S/C13H13N3/c14-13-5-2-8-16(13)12-4-1-3-10-9-15-7-6-11(10)12/h1,3-4,6-7,9,14H,2,5,8H2. The minimum atomic E-state index is 0.726. The predicted molar refractivity (Wildman–Crippen MR) is 66.0 cm³/mol. The Balaban J connectivity index is 2.19. The normalized spacial score (nSPS) is 16.0. The quantitative estimate of drug-likeness (QED) is 0.787. The summed E-state index contributed by atoms with van der Waals surface area (Å²) in [6.45, 7) is 0.959. The van der Waals surface area contributed by atoms with Crippen molar-refractivity contribution >= 4 is 22.3 Å². The molecular weight excluding hydrogens is 198 g/mol. The van der Waals surface area contributed by atoms with Gasteiger partial charge in [-0.3, -0.25) is 10.4 Å². The maximum atomic E-state index is 7.93. The Bertz CT molecular complexity index is 542. The highest BCUT2D eigenvalue weighted by Crippen LogP contribution is 2.29. The first-order valence-corrected chi connectivity index (χ1v) is 5.54. The molecule has 0 spiro atoms. The van der Waals surface area contributed by atoms with Gasteiger partial charge in [-0.15, -0.1) is 0 Å². The highest BCUT2D eigenvalue weighted by Gasteiger charge is 2.19. The molecule has 1 N–H and O–H groups in total. The third-order valence-corrected chi connectivity index (χ3v) is 3.07. The fraction of sp³-hybridized carbons (Fsp3) is 0.231. The third-order valence-electron chi connectivity index (χ3n) is 3.07. The Labute approximate surface area is 94.2 Å². The van der Waals surface area contributed by atoms with Crippen LogP contribution in [0.3, 0.4) is 0 Å². The van der Waals surface area contributed by atoms with Gasteiger partial charge < -0.3 is 4.90 Å². The lowest BCUT2D eigenvalue weighted by Crippen LogP contribution is -2.23. The predicted octanol–water partition coefficient (Wildman–Crippen LogP) is 2.81. The number of hydrogen-bond donors (Lipinski definition) is 1. The van der Waals surface area contributed by atoms with Gasteiger partial charge in [-0.05, 0) is 18.6 Å². The van der Waals surface area contributed by atoms with Crippen molar-refractivity contribution in [2.45, 2.75) is 12.8 Å². The van der Waals surface area contributed by atoms with E-state index in [0.29, 0.717) is 0 Å². The molecule has 2 aromatic rings. The van der Waals surface area contributed by atoms with E-state index in [2.05, 4.69) is 22.0 Å². The molecule has 0 bridgehead atoms. The molecule has 2 heterocycles. The molecule has 3 rings (SSSR count). The number of amidine groups is 1. The number of benzene rings is 1. The lowest BCUT2D eigenvalue weighted by molar-refractivity contribution is 0.958. The summed E-state index contributed by atoms with van der Waals surface area (Å²) in [5.74, 6) is 0.726. The second kappa shape index (κ2) is 3.59. The van der Waals surface area contributed by atoms with Gasteiger partial charge in [0.15, 0.2) is 0 Å². The maximum Gasteiger partial charge on any atom is 0.100 e. The van der Waals surface area contributed by atoms with Gasteiger partial charge in [0.1, 0.15) is 5.84 Å². The number of hydrogen-bond acceptors (Lipinski definition) is 2. The molecule has 0 unspecified atom stereocenters. The highest BCUT2D eigenvalue weighted by atomic mass is 15.2. The number of nitrogens with one attached hydrogen (secondary N) is 1. The number of anilines is 1. The second-order valence-corrected chi connectivity index (χ2v) is 4.08. The molecule has 3 heteroatoms. The van der Waals surface area contributed by atoms with Crippen LogP contribution in [0.5, 0.6) is 0 Å². The number of aromatic nitrogens is 1. The third kappa shape index (κ3) is 1.36. The summed E-state index contributed by atoms with van der Waals surface area (Å²) < 4.78 is 0. The van der Waals surface area contributed by atoms with Crippen LogP contribution in [-0.4, -0.2) is 17.4 Å². The van der Waals surface area contributed by atoms with E-state index >= 15 is 0 Å². The zero-order chi connectivity index (χ0) is 11.0. The average molecular weight is 211 g/mol. The Morgan fingerprint density at radius 2 is 2.19 bits per heavy atom. The van der Waals surface area contributed by atoms with Crippen LogP contribution in [0.1, 0.15) is 12.8 Å². The molecule has 1 fully saturated rings. The largest absolute Gasteiger partial charge is 0.330 e. The van der Waals surface area contributed by atoms with E-state index in [1.807, 2.05) is 24.5 Å². The van der Waals surface area contributed by atoms with Crippen molar-refractivity contribution in [3.05, 3.63) is 36.7 Å². The van der Waals surface area contributed by atoms with Crippen molar-refractivity contribution in [1.29, 1.82) is 5.41 Å². The van der Waals surface area contributed by atoms with E-state index in [0.717, 1.165) is 36.3 Å². The van der Waals surface area contributed by atoms with Crippen molar-refractivity contribution in [2.24, 2.45) is 0 Å².